The molecule has 2 rings (SSSR count). The fourth-order valence-corrected chi connectivity index (χ4v) is 3.76. The normalized spacial score (nSPS) is 11.4. The molecule has 0 aliphatic carbocycles. The number of aryl methyl sites for hydroxylation is 1. The molecule has 2 aromatic rings. The molecule has 9 heteroatoms. The van der Waals surface area contributed by atoms with Gasteiger partial charge < -0.3 is 9.47 Å². The maximum absolute atomic E-state index is 12.7. The molecule has 0 heterocycles. The Kier molecular flexibility index (Phi) is 6.40. The third kappa shape index (κ3) is 4.55. The summed E-state index contributed by atoms with van der Waals surface area (Å²) in [7, 11) is 0.679. The molecular formula is C18H22N2O6S. The first-order chi connectivity index (χ1) is 12.7. The average molecular weight is 394 g/mol. The summed E-state index contributed by atoms with van der Waals surface area (Å²) in [5, 5.41) is 11.1. The number of rotatable bonds is 8. The van der Waals surface area contributed by atoms with Crippen LogP contribution in [0.4, 0.5) is 5.69 Å². The van der Waals surface area contributed by atoms with Gasteiger partial charge in [0.2, 0.25) is 10.0 Å². The van der Waals surface area contributed by atoms with Crippen molar-refractivity contribution in [1.82, 2.24) is 4.31 Å². The van der Waals surface area contributed by atoms with E-state index < -0.39 is 14.9 Å². The van der Waals surface area contributed by atoms with Crippen molar-refractivity contribution >= 4 is 15.7 Å². The summed E-state index contributed by atoms with van der Waals surface area (Å²) < 4.78 is 37.1. The fraction of sp³-hybridized carbons (Fsp3) is 0.333. The molecule has 2 aromatic carbocycles. The van der Waals surface area contributed by atoms with Crippen LogP contribution >= 0.6 is 0 Å². The van der Waals surface area contributed by atoms with Crippen LogP contribution in [0.5, 0.6) is 11.5 Å². The summed E-state index contributed by atoms with van der Waals surface area (Å²) in [5.74, 6) is 1.16. The number of methoxy groups -OCH3 is 2. The highest BCUT2D eigenvalue weighted by Gasteiger charge is 2.24. The SMILES string of the molecule is COc1ccc(CCN(C)S(=O)(=O)c2ccc(C)c([N+](=O)[O-])c2)cc1OC. The monoisotopic (exact) mass is 394 g/mol. The van der Waals surface area contributed by atoms with Gasteiger partial charge >= 0.3 is 0 Å². The number of benzene rings is 2. The van der Waals surface area contributed by atoms with Crippen molar-refractivity contribution in [1.29, 1.82) is 0 Å². The highest BCUT2D eigenvalue weighted by molar-refractivity contribution is 7.89. The van der Waals surface area contributed by atoms with E-state index in [2.05, 4.69) is 0 Å². The number of hydrogen-bond acceptors (Lipinski definition) is 6. The van der Waals surface area contributed by atoms with Gasteiger partial charge in [0.1, 0.15) is 0 Å². The number of ether oxygens (including phenoxy) is 2. The molecule has 0 bridgehead atoms. The fourth-order valence-electron chi connectivity index (χ4n) is 2.57. The van der Waals surface area contributed by atoms with Gasteiger partial charge in [0.25, 0.3) is 5.69 Å². The minimum Gasteiger partial charge on any atom is -0.493 e. The molecule has 0 atom stereocenters. The summed E-state index contributed by atoms with van der Waals surface area (Å²) in [6.07, 6.45) is 0.448. The first-order valence-electron chi connectivity index (χ1n) is 8.13. The van der Waals surface area contributed by atoms with Crippen LogP contribution < -0.4 is 9.47 Å². The molecule has 0 aliphatic heterocycles. The van der Waals surface area contributed by atoms with Crippen LogP contribution in [0.2, 0.25) is 0 Å². The Morgan fingerprint density at radius 3 is 2.33 bits per heavy atom. The first-order valence-corrected chi connectivity index (χ1v) is 9.57. The molecule has 0 spiro atoms. The summed E-state index contributed by atoms with van der Waals surface area (Å²) in [5.41, 5.74) is 1.07. The maximum atomic E-state index is 12.7. The van der Waals surface area contributed by atoms with Gasteiger partial charge in [0.15, 0.2) is 11.5 Å². The summed E-state index contributed by atoms with van der Waals surface area (Å²) in [6, 6.07) is 9.29. The van der Waals surface area contributed by atoms with Crippen LogP contribution in [0, 0.1) is 17.0 Å². The molecule has 8 nitrogen and oxygen atoms in total. The van der Waals surface area contributed by atoms with Crippen molar-refractivity contribution in [3.63, 3.8) is 0 Å². The Balaban J connectivity index is 2.19. The molecule has 0 saturated carbocycles. The topological polar surface area (TPSA) is 99.0 Å². The molecule has 0 N–H and O–H groups in total. The quantitative estimate of drug-likeness (QED) is 0.504. The highest BCUT2D eigenvalue weighted by atomic mass is 32.2. The van der Waals surface area contributed by atoms with Crippen molar-refractivity contribution in [2.75, 3.05) is 27.8 Å². The van der Waals surface area contributed by atoms with E-state index in [1.807, 2.05) is 6.07 Å². The maximum Gasteiger partial charge on any atom is 0.273 e. The van der Waals surface area contributed by atoms with E-state index in [0.29, 0.717) is 23.5 Å². The minimum absolute atomic E-state index is 0.102. The molecule has 0 radical (unpaired) electrons. The molecule has 146 valence electrons. The summed E-state index contributed by atoms with van der Waals surface area (Å²) >= 11 is 0. The second-order valence-corrected chi connectivity index (χ2v) is 8.02. The molecular weight excluding hydrogens is 372 g/mol. The zero-order valence-corrected chi connectivity index (χ0v) is 16.4. The van der Waals surface area contributed by atoms with Crippen LogP contribution in [0.1, 0.15) is 11.1 Å². The van der Waals surface area contributed by atoms with Crippen LogP contribution in [-0.2, 0) is 16.4 Å². The second-order valence-electron chi connectivity index (χ2n) is 5.97. The minimum atomic E-state index is -3.84. The first kappa shape index (κ1) is 20.7. The van der Waals surface area contributed by atoms with Gasteiger partial charge in [-0.25, -0.2) is 12.7 Å². The van der Waals surface area contributed by atoms with Crippen LogP contribution in [0.15, 0.2) is 41.3 Å². The van der Waals surface area contributed by atoms with E-state index in [4.69, 9.17) is 9.47 Å². The van der Waals surface area contributed by atoms with E-state index in [1.54, 1.807) is 26.2 Å². The highest BCUT2D eigenvalue weighted by Crippen LogP contribution is 2.28. The molecule has 0 unspecified atom stereocenters. The van der Waals surface area contributed by atoms with Crippen molar-refractivity contribution < 1.29 is 22.8 Å². The van der Waals surface area contributed by atoms with E-state index >= 15 is 0 Å². The van der Waals surface area contributed by atoms with E-state index in [1.165, 1.54) is 30.6 Å². The van der Waals surface area contributed by atoms with Crippen molar-refractivity contribution in [2.24, 2.45) is 0 Å². The van der Waals surface area contributed by atoms with E-state index in [9.17, 15) is 18.5 Å². The van der Waals surface area contributed by atoms with E-state index in [-0.39, 0.29) is 17.1 Å². The van der Waals surface area contributed by atoms with E-state index in [0.717, 1.165) is 11.6 Å². The van der Waals surface area contributed by atoms with Gasteiger partial charge in [-0.2, -0.15) is 0 Å². The van der Waals surface area contributed by atoms with Crippen LogP contribution in [0.25, 0.3) is 0 Å². The molecule has 0 saturated heterocycles. The molecule has 0 aliphatic rings. The Hall–Kier alpha value is -2.65. The van der Waals surface area contributed by atoms with Crippen molar-refractivity contribution in [2.45, 2.75) is 18.2 Å². The average Bonchev–Trinajstić information content (AvgIpc) is 2.65. The smallest absolute Gasteiger partial charge is 0.273 e. The Bertz CT molecular complexity index is 943. The number of sulfonamides is 1. The third-order valence-corrected chi connectivity index (χ3v) is 6.10. The zero-order chi connectivity index (χ0) is 20.2. The lowest BCUT2D eigenvalue weighted by Crippen LogP contribution is -2.29. The Morgan fingerprint density at radius 1 is 1.07 bits per heavy atom. The summed E-state index contributed by atoms with van der Waals surface area (Å²) in [6.45, 7) is 1.77. The number of nitro benzene ring substituents is 1. The van der Waals surface area contributed by atoms with Gasteiger partial charge in [-0.15, -0.1) is 0 Å². The predicted molar refractivity (Wildman–Crippen MR) is 101 cm³/mol. The Labute approximate surface area is 158 Å². The summed E-state index contributed by atoms with van der Waals surface area (Å²) in [4.78, 5) is 10.4. The lowest BCUT2D eigenvalue weighted by atomic mass is 10.1. The zero-order valence-electron chi connectivity index (χ0n) is 15.6. The van der Waals surface area contributed by atoms with Gasteiger partial charge in [-0.05, 0) is 37.1 Å². The lowest BCUT2D eigenvalue weighted by molar-refractivity contribution is -0.385. The number of hydrogen-bond donors (Lipinski definition) is 0. The standard InChI is InChI=1S/C18H22N2O6S/c1-13-5-7-15(12-16(13)20(21)22)27(23,24)19(2)10-9-14-6-8-17(25-3)18(11-14)26-4/h5-8,11-12H,9-10H2,1-4H3. The molecule has 0 aromatic heterocycles. The molecule has 0 fully saturated rings. The number of nitrogens with zero attached hydrogens (tertiary/aromatic N) is 2. The Morgan fingerprint density at radius 2 is 1.74 bits per heavy atom. The second kappa shape index (κ2) is 8.36. The number of nitro groups is 1. The molecule has 0 amide bonds. The van der Waals surface area contributed by atoms with Crippen molar-refractivity contribution in [3.8, 4) is 11.5 Å². The van der Waals surface area contributed by atoms with Gasteiger partial charge in [-0.1, -0.05) is 12.1 Å². The van der Waals surface area contributed by atoms with Gasteiger partial charge in [0, 0.05) is 25.2 Å². The van der Waals surface area contributed by atoms with Crippen molar-refractivity contribution in [3.05, 3.63) is 57.6 Å². The number of likely N-dealkylation sites (N-methyl/N-ethyl adjacent to an activating group) is 1. The van der Waals surface area contributed by atoms with Gasteiger partial charge in [0.05, 0.1) is 24.0 Å². The van der Waals surface area contributed by atoms with Crippen LogP contribution in [-0.4, -0.2) is 45.5 Å². The third-order valence-electron chi connectivity index (χ3n) is 4.25. The largest absolute Gasteiger partial charge is 0.493 e. The predicted octanol–water partition coefficient (Wildman–Crippen LogP) is 2.78. The van der Waals surface area contributed by atoms with Crippen LogP contribution in [0.3, 0.4) is 0 Å². The lowest BCUT2D eigenvalue weighted by Gasteiger charge is -2.18. The van der Waals surface area contributed by atoms with Gasteiger partial charge in [-0.3, -0.25) is 10.1 Å². The molecule has 27 heavy (non-hydrogen) atoms.